The third-order valence-electron chi connectivity index (χ3n) is 4.96. The summed E-state index contributed by atoms with van der Waals surface area (Å²) in [6, 6.07) is 13.9. The molecule has 1 aromatic heterocycles. The molecule has 1 unspecified atom stereocenters. The minimum Gasteiger partial charge on any atom is -0.487 e. The van der Waals surface area contributed by atoms with Crippen molar-refractivity contribution >= 4 is 23.3 Å². The van der Waals surface area contributed by atoms with Crippen LogP contribution in [0, 0.1) is 18.7 Å². The maximum atomic E-state index is 13.2. The van der Waals surface area contributed by atoms with Gasteiger partial charge in [-0.15, -0.1) is 11.3 Å². The Morgan fingerprint density at radius 2 is 2.10 bits per heavy atom. The summed E-state index contributed by atoms with van der Waals surface area (Å²) in [4.78, 5) is 16.9. The summed E-state index contributed by atoms with van der Waals surface area (Å²) in [5, 5.41) is 6.06. The molecule has 0 aliphatic heterocycles. The Bertz CT molecular complexity index is 1040. The van der Waals surface area contributed by atoms with Crippen molar-refractivity contribution in [3.8, 4) is 5.75 Å². The van der Waals surface area contributed by atoms with Crippen molar-refractivity contribution in [1.82, 2.24) is 10.3 Å². The van der Waals surface area contributed by atoms with Gasteiger partial charge in [0.1, 0.15) is 18.2 Å². The van der Waals surface area contributed by atoms with Gasteiger partial charge in [0.15, 0.2) is 0 Å². The molecule has 1 N–H and O–H groups in total. The van der Waals surface area contributed by atoms with Gasteiger partial charge in [-0.2, -0.15) is 0 Å². The highest BCUT2D eigenvalue weighted by Crippen LogP contribution is 2.41. The van der Waals surface area contributed by atoms with Gasteiger partial charge in [-0.25, -0.2) is 9.37 Å². The van der Waals surface area contributed by atoms with Crippen LogP contribution >= 0.6 is 11.3 Å². The van der Waals surface area contributed by atoms with E-state index in [0.29, 0.717) is 12.5 Å². The minimum absolute atomic E-state index is 0.0843. The van der Waals surface area contributed by atoms with Crippen molar-refractivity contribution in [2.75, 3.05) is 0 Å². The van der Waals surface area contributed by atoms with Gasteiger partial charge >= 0.3 is 0 Å². The highest BCUT2D eigenvalue weighted by atomic mass is 32.1. The second-order valence-electron chi connectivity index (χ2n) is 7.43. The lowest BCUT2D eigenvalue weighted by atomic mass is 10.0. The normalized spacial score (nSPS) is 14.6. The summed E-state index contributed by atoms with van der Waals surface area (Å²) < 4.78 is 19.0. The summed E-state index contributed by atoms with van der Waals surface area (Å²) in [6.07, 6.45) is 5.44. The topological polar surface area (TPSA) is 51.2 Å². The summed E-state index contributed by atoms with van der Waals surface area (Å²) in [6.45, 7) is 2.38. The number of aromatic nitrogens is 1. The lowest BCUT2D eigenvalue weighted by molar-refractivity contribution is -0.117. The second-order valence-corrected chi connectivity index (χ2v) is 8.49. The van der Waals surface area contributed by atoms with Crippen LogP contribution in [0.3, 0.4) is 0 Å². The lowest BCUT2D eigenvalue weighted by Gasteiger charge is -2.17. The molecule has 2 aromatic carbocycles. The zero-order chi connectivity index (χ0) is 20.9. The van der Waals surface area contributed by atoms with E-state index in [9.17, 15) is 9.18 Å². The average molecular weight is 423 g/mol. The Labute approximate surface area is 179 Å². The highest BCUT2D eigenvalue weighted by Gasteiger charge is 2.33. The Morgan fingerprint density at radius 3 is 2.80 bits per heavy atom. The number of benzene rings is 2. The molecule has 6 heteroatoms. The third kappa shape index (κ3) is 5.54. The molecule has 0 radical (unpaired) electrons. The number of nitrogens with one attached hydrogen (secondary N) is 1. The standard InChI is InChI=1S/C24H23FN2O2S/c1-16-26-21(15-30-16)14-29-22-4-2-3-17(13-22)5-12-23(28)27-24(18-6-7-18)19-8-10-20(25)11-9-19/h2-5,8-13,15,18,24H,6-7,14H2,1H3,(H,27,28). The Kier molecular flexibility index (Phi) is 6.23. The molecule has 3 aromatic rings. The van der Waals surface area contributed by atoms with E-state index in [-0.39, 0.29) is 17.8 Å². The summed E-state index contributed by atoms with van der Waals surface area (Å²) >= 11 is 1.60. The molecule has 0 saturated heterocycles. The molecule has 4 rings (SSSR count). The molecule has 1 amide bonds. The molecule has 1 fully saturated rings. The van der Waals surface area contributed by atoms with Gasteiger partial charge in [0.25, 0.3) is 0 Å². The van der Waals surface area contributed by atoms with E-state index in [1.807, 2.05) is 36.6 Å². The van der Waals surface area contributed by atoms with Gasteiger partial charge in [0.2, 0.25) is 5.91 Å². The monoisotopic (exact) mass is 422 g/mol. The summed E-state index contributed by atoms with van der Waals surface area (Å²) in [5.41, 5.74) is 2.72. The Hall–Kier alpha value is -2.99. The van der Waals surface area contributed by atoms with Gasteiger partial charge in [0, 0.05) is 11.5 Å². The van der Waals surface area contributed by atoms with Crippen LogP contribution in [0.25, 0.3) is 6.08 Å². The smallest absolute Gasteiger partial charge is 0.244 e. The number of nitrogens with zero attached hydrogens (tertiary/aromatic N) is 1. The van der Waals surface area contributed by atoms with Crippen LogP contribution in [-0.2, 0) is 11.4 Å². The zero-order valence-corrected chi connectivity index (χ0v) is 17.5. The first-order valence-corrected chi connectivity index (χ1v) is 10.8. The maximum Gasteiger partial charge on any atom is 0.244 e. The number of carbonyl (C=O) groups excluding carboxylic acids is 1. The van der Waals surface area contributed by atoms with E-state index >= 15 is 0 Å². The number of ether oxygens (including phenoxy) is 1. The summed E-state index contributed by atoms with van der Waals surface area (Å²) in [7, 11) is 0. The molecule has 0 spiro atoms. The second kappa shape index (κ2) is 9.22. The maximum absolute atomic E-state index is 13.2. The lowest BCUT2D eigenvalue weighted by Crippen LogP contribution is -2.28. The van der Waals surface area contributed by atoms with Crippen LogP contribution in [-0.4, -0.2) is 10.9 Å². The molecular weight excluding hydrogens is 399 g/mol. The van der Waals surface area contributed by atoms with Crippen LogP contribution in [0.2, 0.25) is 0 Å². The number of carbonyl (C=O) groups is 1. The number of amides is 1. The Morgan fingerprint density at radius 1 is 1.30 bits per heavy atom. The van der Waals surface area contributed by atoms with Crippen molar-refractivity contribution in [2.24, 2.45) is 5.92 Å². The number of rotatable bonds is 8. The average Bonchev–Trinajstić information content (AvgIpc) is 3.51. The fraction of sp³-hybridized carbons (Fsp3) is 0.250. The van der Waals surface area contributed by atoms with Gasteiger partial charge in [-0.1, -0.05) is 24.3 Å². The van der Waals surface area contributed by atoms with Crippen LogP contribution in [0.4, 0.5) is 4.39 Å². The fourth-order valence-electron chi connectivity index (χ4n) is 3.29. The number of aryl methyl sites for hydroxylation is 1. The summed E-state index contributed by atoms with van der Waals surface area (Å²) in [5.74, 6) is 0.705. The number of thiazole rings is 1. The first-order chi connectivity index (χ1) is 14.6. The van der Waals surface area contributed by atoms with Crippen LogP contribution in [0.15, 0.2) is 60.0 Å². The van der Waals surface area contributed by atoms with Crippen LogP contribution in [0.1, 0.15) is 40.7 Å². The molecule has 4 nitrogen and oxygen atoms in total. The van der Waals surface area contributed by atoms with Crippen molar-refractivity contribution in [1.29, 1.82) is 0 Å². The van der Waals surface area contributed by atoms with E-state index in [0.717, 1.165) is 40.4 Å². The predicted octanol–water partition coefficient (Wildman–Crippen LogP) is 5.45. The molecule has 154 valence electrons. The van der Waals surface area contributed by atoms with Crippen LogP contribution < -0.4 is 10.1 Å². The van der Waals surface area contributed by atoms with Crippen molar-refractivity contribution in [3.63, 3.8) is 0 Å². The molecule has 30 heavy (non-hydrogen) atoms. The van der Waals surface area contributed by atoms with E-state index in [1.165, 1.54) is 18.2 Å². The van der Waals surface area contributed by atoms with Gasteiger partial charge < -0.3 is 10.1 Å². The first-order valence-electron chi connectivity index (χ1n) is 9.95. The van der Waals surface area contributed by atoms with Crippen LogP contribution in [0.5, 0.6) is 5.75 Å². The molecule has 1 atom stereocenters. The Balaban J connectivity index is 1.36. The SMILES string of the molecule is Cc1nc(COc2cccc(C=CC(=O)NC(c3ccc(F)cc3)C3CC3)c2)cs1. The molecule has 1 aliphatic rings. The minimum atomic E-state index is -0.272. The van der Waals surface area contributed by atoms with E-state index in [4.69, 9.17) is 4.74 Å². The van der Waals surface area contributed by atoms with Gasteiger partial charge in [-0.05, 0) is 67.2 Å². The predicted molar refractivity (Wildman–Crippen MR) is 117 cm³/mol. The number of hydrogen-bond acceptors (Lipinski definition) is 4. The zero-order valence-electron chi connectivity index (χ0n) is 16.7. The van der Waals surface area contributed by atoms with E-state index in [2.05, 4.69) is 10.3 Å². The third-order valence-corrected chi connectivity index (χ3v) is 5.78. The fourth-order valence-corrected chi connectivity index (χ4v) is 3.88. The van der Waals surface area contributed by atoms with Gasteiger partial charge in [0.05, 0.1) is 16.7 Å². The molecule has 1 aliphatic carbocycles. The quantitative estimate of drug-likeness (QED) is 0.491. The van der Waals surface area contributed by atoms with E-state index in [1.54, 1.807) is 29.5 Å². The number of hydrogen-bond donors (Lipinski definition) is 1. The molecule has 1 saturated carbocycles. The van der Waals surface area contributed by atoms with Crippen molar-refractivity contribution in [2.45, 2.75) is 32.4 Å². The van der Waals surface area contributed by atoms with Gasteiger partial charge in [-0.3, -0.25) is 4.79 Å². The highest BCUT2D eigenvalue weighted by molar-refractivity contribution is 7.09. The molecular formula is C24H23FN2O2S. The number of halogens is 1. The van der Waals surface area contributed by atoms with Crippen molar-refractivity contribution < 1.29 is 13.9 Å². The molecule has 0 bridgehead atoms. The molecule has 1 heterocycles. The first kappa shape index (κ1) is 20.3. The van der Waals surface area contributed by atoms with E-state index < -0.39 is 0 Å². The largest absolute Gasteiger partial charge is 0.487 e. The van der Waals surface area contributed by atoms with Crippen molar-refractivity contribution in [3.05, 3.63) is 87.6 Å².